The first-order valence-electron chi connectivity index (χ1n) is 26.3. The van der Waals surface area contributed by atoms with Crippen molar-refractivity contribution in [3.8, 4) is 17.2 Å². The number of ether oxygens (including phenoxy) is 3. The van der Waals surface area contributed by atoms with Crippen LogP contribution >= 0.6 is 0 Å². The second kappa shape index (κ2) is 26.1. The maximum absolute atomic E-state index is 13.0. The zero-order chi connectivity index (χ0) is 56.2. The first-order valence-corrected chi connectivity index (χ1v) is 26.3. The number of benzene rings is 6. The summed E-state index contributed by atoms with van der Waals surface area (Å²) in [7, 11) is 10.2. The number of methoxy groups -OCH3 is 3. The third kappa shape index (κ3) is 12.9. The Morgan fingerprint density at radius 1 is 0.423 bits per heavy atom. The molecule has 0 aromatic heterocycles. The lowest BCUT2D eigenvalue weighted by molar-refractivity contribution is -0.136. The van der Waals surface area contributed by atoms with Gasteiger partial charge in [0.25, 0.3) is 0 Å². The van der Waals surface area contributed by atoms with Crippen LogP contribution in [0.3, 0.4) is 0 Å². The Bertz CT molecular complexity index is 2990. The average molecular weight is 1060 g/mol. The Hall–Kier alpha value is -8.46. The highest BCUT2D eigenvalue weighted by Crippen LogP contribution is 2.38. The van der Waals surface area contributed by atoms with E-state index in [2.05, 4.69) is 0 Å². The normalized spacial score (nSPS) is 19.7. The van der Waals surface area contributed by atoms with Crippen LogP contribution < -0.4 is 14.2 Å². The van der Waals surface area contributed by atoms with Crippen LogP contribution in [0.4, 0.5) is 0 Å². The summed E-state index contributed by atoms with van der Waals surface area (Å²) in [4.78, 5) is 86.7. The van der Waals surface area contributed by atoms with Crippen molar-refractivity contribution in [3.63, 3.8) is 0 Å². The van der Waals surface area contributed by atoms with Gasteiger partial charge in [0.05, 0.1) is 21.3 Å². The minimum Gasteiger partial charge on any atom is -0.497 e. The molecule has 3 aliphatic rings. The highest BCUT2D eigenvalue weighted by Gasteiger charge is 2.49. The second-order valence-corrected chi connectivity index (χ2v) is 19.8. The summed E-state index contributed by atoms with van der Waals surface area (Å²) in [6.45, 7) is 7.04. The van der Waals surface area contributed by atoms with Gasteiger partial charge < -0.3 is 43.6 Å². The van der Waals surface area contributed by atoms with E-state index < -0.39 is 18.1 Å². The van der Waals surface area contributed by atoms with Crippen LogP contribution in [0.2, 0.25) is 0 Å². The molecule has 3 fully saturated rings. The van der Waals surface area contributed by atoms with Crippen molar-refractivity contribution in [2.75, 3.05) is 42.5 Å². The highest BCUT2D eigenvalue weighted by atomic mass is 16.5. The molecule has 0 radical (unpaired) electrons. The fourth-order valence-corrected chi connectivity index (χ4v) is 10.6. The van der Waals surface area contributed by atoms with Gasteiger partial charge in [-0.25, -0.2) is 0 Å². The standard InChI is InChI=1S/C22H26N2O3.C21H24N2O3.C20H22N2O3/c1-4-8-20(25)24-19(15-16-11-13-18(27-3)14-12-16)22(26)23(2)21(24)17-9-6-5-7-10-17;1-14-5-9-17(10-6-14)20-22(3)21(25)19(23(20)15(2)24)13-16-7-11-18(26-4)12-8-16;1-14(23)22-18(13-15-9-11-17(25-3)12-10-15)20(24)21(2)19(22)16-7-5-4-6-8-16/h5-7,9-14,19,21H,4,8,15H2,1-3H3;5-12,19-20H,13H2,1-4H3;4-12,18-19H,13H2,1-3H3. The molecule has 6 aromatic carbocycles. The summed E-state index contributed by atoms with van der Waals surface area (Å²) in [5, 5.41) is 0. The van der Waals surface area contributed by atoms with Gasteiger partial charge in [-0.15, -0.1) is 0 Å². The summed E-state index contributed by atoms with van der Waals surface area (Å²) < 4.78 is 15.6. The fourth-order valence-electron chi connectivity index (χ4n) is 10.6. The summed E-state index contributed by atoms with van der Waals surface area (Å²) in [5.74, 6) is 2.01. The summed E-state index contributed by atoms with van der Waals surface area (Å²) in [6, 6.07) is 48.7. The SMILES string of the molecule is CCCC(=O)N1C(Cc2ccc(OC)cc2)C(=O)N(C)C1c1ccccc1.COc1ccc(CC2C(=O)N(C)C(c3ccc(C)cc3)N2C(C)=O)cc1.COc1ccc(CC2C(=O)N(C)C(c3ccccc3)N2C(C)=O)cc1. The van der Waals surface area contributed by atoms with Gasteiger partial charge in [0.1, 0.15) is 53.9 Å². The van der Waals surface area contributed by atoms with Crippen molar-refractivity contribution in [1.29, 1.82) is 0 Å². The van der Waals surface area contributed by atoms with E-state index in [1.807, 2.05) is 172 Å². The number of amides is 6. The first kappa shape index (κ1) is 57.2. The van der Waals surface area contributed by atoms with Gasteiger partial charge in [-0.2, -0.15) is 0 Å². The van der Waals surface area contributed by atoms with E-state index in [1.165, 1.54) is 13.8 Å². The zero-order valence-corrected chi connectivity index (χ0v) is 46.4. The minimum absolute atomic E-state index is 0.0163. The van der Waals surface area contributed by atoms with Crippen LogP contribution in [0.25, 0.3) is 0 Å². The van der Waals surface area contributed by atoms with Gasteiger partial charge in [-0.1, -0.05) is 134 Å². The molecule has 0 spiro atoms. The zero-order valence-electron chi connectivity index (χ0n) is 46.4. The highest BCUT2D eigenvalue weighted by molar-refractivity contribution is 5.93. The predicted molar refractivity (Wildman–Crippen MR) is 299 cm³/mol. The molecule has 6 atom stereocenters. The number of nitrogens with zero attached hydrogens (tertiary/aromatic N) is 6. The minimum atomic E-state index is -0.503. The summed E-state index contributed by atoms with van der Waals surface area (Å²) in [6.07, 6.45) is 1.55. The molecule has 3 aliphatic heterocycles. The Morgan fingerprint density at radius 2 is 0.718 bits per heavy atom. The van der Waals surface area contributed by atoms with Crippen molar-refractivity contribution in [2.24, 2.45) is 0 Å². The number of hydrogen-bond acceptors (Lipinski definition) is 9. The third-order valence-electron chi connectivity index (χ3n) is 14.6. The topological polar surface area (TPSA) is 150 Å². The van der Waals surface area contributed by atoms with E-state index in [9.17, 15) is 28.8 Å². The van der Waals surface area contributed by atoms with E-state index in [0.717, 1.165) is 62.6 Å². The number of carbonyl (C=O) groups is 6. The van der Waals surface area contributed by atoms with Crippen molar-refractivity contribution in [1.82, 2.24) is 29.4 Å². The average Bonchev–Trinajstić information content (AvgIpc) is 4.03. The monoisotopic (exact) mass is 1060 g/mol. The molecule has 15 heteroatoms. The smallest absolute Gasteiger partial charge is 0.247 e. The number of hydrogen-bond donors (Lipinski definition) is 0. The number of carbonyl (C=O) groups excluding carboxylic acids is 6. The summed E-state index contributed by atoms with van der Waals surface area (Å²) >= 11 is 0. The molecule has 0 saturated carbocycles. The van der Waals surface area contributed by atoms with Crippen molar-refractivity contribution >= 4 is 35.4 Å². The van der Waals surface area contributed by atoms with Crippen LogP contribution in [-0.4, -0.2) is 125 Å². The van der Waals surface area contributed by atoms with E-state index in [1.54, 1.807) is 71.9 Å². The lowest BCUT2D eigenvalue weighted by atomic mass is 10.0. The Kier molecular flexibility index (Phi) is 19.1. The Balaban J connectivity index is 0.000000170. The van der Waals surface area contributed by atoms with E-state index >= 15 is 0 Å². The largest absolute Gasteiger partial charge is 0.497 e. The number of likely N-dealkylation sites (N-methyl/N-ethyl adjacent to an activating group) is 3. The van der Waals surface area contributed by atoms with Gasteiger partial charge in [0.15, 0.2) is 0 Å². The Labute approximate surface area is 458 Å². The van der Waals surface area contributed by atoms with Crippen molar-refractivity contribution in [3.05, 3.63) is 197 Å². The van der Waals surface area contributed by atoms with Crippen LogP contribution in [0, 0.1) is 6.92 Å². The predicted octanol–water partition coefficient (Wildman–Crippen LogP) is 8.97. The molecule has 6 unspecified atom stereocenters. The molecule has 0 aliphatic carbocycles. The fraction of sp³-hybridized carbons (Fsp3) is 0.333. The van der Waals surface area contributed by atoms with Crippen LogP contribution in [0.15, 0.2) is 158 Å². The maximum atomic E-state index is 13.0. The van der Waals surface area contributed by atoms with Crippen LogP contribution in [0.5, 0.6) is 17.2 Å². The van der Waals surface area contributed by atoms with Gasteiger partial charge in [-0.3, -0.25) is 28.8 Å². The molecule has 0 bridgehead atoms. The maximum Gasteiger partial charge on any atom is 0.247 e. The van der Waals surface area contributed by atoms with Crippen LogP contribution in [0.1, 0.15) is 91.1 Å². The lowest BCUT2D eigenvalue weighted by Gasteiger charge is -2.30. The quantitative estimate of drug-likeness (QED) is 0.104. The third-order valence-corrected chi connectivity index (χ3v) is 14.6. The van der Waals surface area contributed by atoms with E-state index in [-0.39, 0.29) is 53.9 Å². The molecule has 15 nitrogen and oxygen atoms in total. The molecule has 3 saturated heterocycles. The first-order chi connectivity index (χ1) is 37.5. The van der Waals surface area contributed by atoms with E-state index in [0.29, 0.717) is 25.7 Å². The van der Waals surface area contributed by atoms with Crippen molar-refractivity contribution in [2.45, 2.75) is 96.4 Å². The molecule has 6 aromatic rings. The van der Waals surface area contributed by atoms with Gasteiger partial charge in [0.2, 0.25) is 35.4 Å². The molecule has 78 heavy (non-hydrogen) atoms. The lowest BCUT2D eigenvalue weighted by Crippen LogP contribution is -2.40. The van der Waals surface area contributed by atoms with Gasteiger partial charge in [0, 0.05) is 60.7 Å². The van der Waals surface area contributed by atoms with Crippen molar-refractivity contribution < 1.29 is 43.0 Å². The molecule has 408 valence electrons. The van der Waals surface area contributed by atoms with Crippen LogP contribution in [-0.2, 0) is 48.0 Å². The molecular formula is C63H72N6O9. The van der Waals surface area contributed by atoms with Gasteiger partial charge in [-0.05, 0) is 83.1 Å². The molecule has 0 N–H and O–H groups in total. The second-order valence-electron chi connectivity index (χ2n) is 19.8. The molecule has 6 amide bonds. The molecular weight excluding hydrogens is 985 g/mol. The molecule has 3 heterocycles. The Morgan fingerprint density at radius 3 is 1.01 bits per heavy atom. The number of rotatable bonds is 14. The van der Waals surface area contributed by atoms with E-state index in [4.69, 9.17) is 14.2 Å². The molecule has 9 rings (SSSR count). The summed E-state index contributed by atoms with van der Waals surface area (Å²) in [5.41, 5.74) is 6.97. The number of aryl methyl sites for hydroxylation is 1. The van der Waals surface area contributed by atoms with Gasteiger partial charge >= 0.3 is 0 Å².